The number of rotatable bonds is 4. The molecule has 0 aliphatic heterocycles. The largest absolute Gasteiger partial charge is 0.494 e. The Labute approximate surface area is 138 Å². The van der Waals surface area contributed by atoms with Gasteiger partial charge in [-0.05, 0) is 37.8 Å². The van der Waals surface area contributed by atoms with Gasteiger partial charge in [0.05, 0.1) is 24.9 Å². The third-order valence-corrected chi connectivity index (χ3v) is 5.50. The minimum Gasteiger partial charge on any atom is -0.494 e. The van der Waals surface area contributed by atoms with Gasteiger partial charge in [0.15, 0.2) is 0 Å². The molecule has 2 heterocycles. The fourth-order valence-electron chi connectivity index (χ4n) is 3.25. The number of para-hydroxylation sites is 1. The summed E-state index contributed by atoms with van der Waals surface area (Å²) in [5.41, 5.74) is 2.31. The lowest BCUT2D eigenvalue weighted by Crippen LogP contribution is -2.21. The Morgan fingerprint density at radius 3 is 3.04 bits per heavy atom. The van der Waals surface area contributed by atoms with Gasteiger partial charge in [0.25, 0.3) is 5.56 Å². The first-order valence-corrected chi connectivity index (χ1v) is 8.80. The monoisotopic (exact) mass is 326 g/mol. The zero-order valence-electron chi connectivity index (χ0n) is 13.0. The molecule has 0 bridgehead atoms. The van der Waals surface area contributed by atoms with E-state index in [2.05, 4.69) is 4.98 Å². The van der Waals surface area contributed by atoms with Crippen LogP contribution < -0.4 is 10.3 Å². The molecule has 0 saturated carbocycles. The summed E-state index contributed by atoms with van der Waals surface area (Å²) in [6.07, 6.45) is 4.91. The molecule has 0 spiro atoms. The molecule has 1 aliphatic carbocycles. The Morgan fingerprint density at radius 2 is 2.17 bits per heavy atom. The van der Waals surface area contributed by atoms with Crippen molar-refractivity contribution in [3.05, 3.63) is 57.0 Å². The number of thiophene rings is 1. The van der Waals surface area contributed by atoms with Crippen LogP contribution in [0.1, 0.15) is 29.3 Å². The van der Waals surface area contributed by atoms with E-state index in [9.17, 15) is 4.79 Å². The van der Waals surface area contributed by atoms with Crippen LogP contribution in [0.2, 0.25) is 0 Å². The van der Waals surface area contributed by atoms with Gasteiger partial charge in [0, 0.05) is 10.4 Å². The maximum atomic E-state index is 12.9. The fourth-order valence-corrected chi connectivity index (χ4v) is 4.47. The van der Waals surface area contributed by atoms with Crippen LogP contribution in [-0.4, -0.2) is 16.2 Å². The lowest BCUT2D eigenvalue weighted by atomic mass is 10.2. The Kier molecular flexibility index (Phi) is 3.65. The predicted molar refractivity (Wildman–Crippen MR) is 92.6 cm³/mol. The van der Waals surface area contributed by atoms with E-state index < -0.39 is 0 Å². The standard InChI is InChI=1S/C18H18N2O2S/c1-2-22-14-8-4-3-6-12(14)10-20-11-19-17-16(18(20)21)13-7-5-9-15(13)23-17/h3-4,6,8,11H,2,5,7,9-10H2,1H3. The van der Waals surface area contributed by atoms with Crippen LogP contribution in [0.4, 0.5) is 0 Å². The zero-order chi connectivity index (χ0) is 15.8. The van der Waals surface area contributed by atoms with Crippen LogP contribution in [0.3, 0.4) is 0 Å². The summed E-state index contributed by atoms with van der Waals surface area (Å²) in [5.74, 6) is 0.831. The lowest BCUT2D eigenvalue weighted by molar-refractivity contribution is 0.335. The van der Waals surface area contributed by atoms with E-state index >= 15 is 0 Å². The van der Waals surface area contributed by atoms with E-state index in [1.807, 2.05) is 31.2 Å². The van der Waals surface area contributed by atoms with Crippen molar-refractivity contribution >= 4 is 21.6 Å². The number of benzene rings is 1. The summed E-state index contributed by atoms with van der Waals surface area (Å²) in [6, 6.07) is 7.86. The second-order valence-corrected chi connectivity index (χ2v) is 6.84. The third kappa shape index (κ3) is 2.45. The summed E-state index contributed by atoms with van der Waals surface area (Å²) >= 11 is 1.68. The molecule has 4 nitrogen and oxygen atoms in total. The predicted octanol–water partition coefficient (Wildman–Crippen LogP) is 3.39. The second kappa shape index (κ2) is 5.81. The van der Waals surface area contributed by atoms with Gasteiger partial charge in [-0.15, -0.1) is 11.3 Å². The number of fused-ring (bicyclic) bond motifs is 3. The van der Waals surface area contributed by atoms with Gasteiger partial charge < -0.3 is 4.74 Å². The van der Waals surface area contributed by atoms with Crippen LogP contribution in [-0.2, 0) is 19.4 Å². The second-order valence-electron chi connectivity index (χ2n) is 5.76. The van der Waals surface area contributed by atoms with E-state index in [4.69, 9.17) is 4.74 Å². The van der Waals surface area contributed by atoms with Gasteiger partial charge in [-0.25, -0.2) is 4.98 Å². The van der Waals surface area contributed by atoms with Crippen LogP contribution >= 0.6 is 11.3 Å². The Hall–Kier alpha value is -2.14. The molecule has 4 rings (SSSR count). The fraction of sp³-hybridized carbons (Fsp3) is 0.333. The van der Waals surface area contributed by atoms with Crippen LogP contribution in [0, 0.1) is 0 Å². The van der Waals surface area contributed by atoms with Gasteiger partial charge >= 0.3 is 0 Å². The Morgan fingerprint density at radius 1 is 1.30 bits per heavy atom. The van der Waals surface area contributed by atoms with E-state index in [-0.39, 0.29) is 5.56 Å². The molecule has 23 heavy (non-hydrogen) atoms. The highest BCUT2D eigenvalue weighted by atomic mass is 32.1. The smallest absolute Gasteiger partial charge is 0.262 e. The molecule has 1 aromatic carbocycles. The SMILES string of the molecule is CCOc1ccccc1Cn1cnc2sc3c(c2c1=O)CCC3. The van der Waals surface area contributed by atoms with Gasteiger partial charge in [0.2, 0.25) is 0 Å². The van der Waals surface area contributed by atoms with Crippen molar-refractivity contribution in [3.63, 3.8) is 0 Å². The molecule has 1 aliphatic rings. The molecule has 5 heteroatoms. The molecule has 0 amide bonds. The number of aromatic nitrogens is 2. The Balaban J connectivity index is 1.78. The minimum atomic E-state index is 0.0701. The van der Waals surface area contributed by atoms with Crippen LogP contribution in [0.15, 0.2) is 35.4 Å². The highest BCUT2D eigenvalue weighted by Crippen LogP contribution is 2.34. The average molecular weight is 326 g/mol. The Bertz CT molecular complexity index is 926. The summed E-state index contributed by atoms with van der Waals surface area (Å²) in [7, 11) is 0. The van der Waals surface area contributed by atoms with Crippen molar-refractivity contribution in [2.75, 3.05) is 6.61 Å². The molecule has 0 atom stereocenters. The molecular weight excluding hydrogens is 308 g/mol. The van der Waals surface area contributed by atoms with Crippen molar-refractivity contribution in [2.24, 2.45) is 0 Å². The van der Waals surface area contributed by atoms with Gasteiger partial charge in [-0.3, -0.25) is 9.36 Å². The first kappa shape index (κ1) is 14.5. The summed E-state index contributed by atoms with van der Waals surface area (Å²) in [6.45, 7) is 3.06. The van der Waals surface area contributed by atoms with Crippen LogP contribution in [0.25, 0.3) is 10.2 Å². The van der Waals surface area contributed by atoms with E-state index in [0.717, 1.165) is 40.8 Å². The first-order valence-electron chi connectivity index (χ1n) is 7.98. The highest BCUT2D eigenvalue weighted by Gasteiger charge is 2.21. The summed E-state index contributed by atoms with van der Waals surface area (Å²) in [4.78, 5) is 19.7. The quantitative estimate of drug-likeness (QED) is 0.738. The van der Waals surface area contributed by atoms with E-state index in [1.54, 1.807) is 22.2 Å². The van der Waals surface area contributed by atoms with Crippen molar-refractivity contribution in [1.29, 1.82) is 0 Å². The molecule has 0 radical (unpaired) electrons. The third-order valence-electron chi connectivity index (χ3n) is 4.30. The van der Waals surface area contributed by atoms with Gasteiger partial charge in [-0.2, -0.15) is 0 Å². The maximum absolute atomic E-state index is 12.9. The molecule has 0 fully saturated rings. The van der Waals surface area contributed by atoms with E-state index in [1.165, 1.54) is 10.4 Å². The number of nitrogens with zero attached hydrogens (tertiary/aromatic N) is 2. The molecule has 118 valence electrons. The van der Waals surface area contributed by atoms with Crippen molar-refractivity contribution in [1.82, 2.24) is 9.55 Å². The molecule has 0 saturated heterocycles. The average Bonchev–Trinajstić information content (AvgIpc) is 3.13. The van der Waals surface area contributed by atoms with Crippen molar-refractivity contribution in [3.8, 4) is 5.75 Å². The van der Waals surface area contributed by atoms with Gasteiger partial charge in [-0.1, -0.05) is 18.2 Å². The van der Waals surface area contributed by atoms with Crippen LogP contribution in [0.5, 0.6) is 5.75 Å². The molecular formula is C18H18N2O2S. The normalized spacial score (nSPS) is 13.4. The molecule has 3 aromatic rings. The minimum absolute atomic E-state index is 0.0701. The van der Waals surface area contributed by atoms with Gasteiger partial charge in [0.1, 0.15) is 10.6 Å². The number of hydrogen-bond donors (Lipinski definition) is 0. The van der Waals surface area contributed by atoms with E-state index in [0.29, 0.717) is 13.2 Å². The zero-order valence-corrected chi connectivity index (χ0v) is 13.9. The number of aryl methyl sites for hydroxylation is 2. The maximum Gasteiger partial charge on any atom is 0.262 e. The van der Waals surface area contributed by atoms with Crippen molar-refractivity contribution in [2.45, 2.75) is 32.7 Å². The summed E-state index contributed by atoms with van der Waals surface area (Å²) < 4.78 is 7.36. The number of hydrogen-bond acceptors (Lipinski definition) is 4. The topological polar surface area (TPSA) is 44.1 Å². The summed E-state index contributed by atoms with van der Waals surface area (Å²) in [5, 5.41) is 0.832. The molecule has 2 aromatic heterocycles. The molecule has 0 N–H and O–H groups in total. The number of ether oxygens (including phenoxy) is 1. The first-order chi connectivity index (χ1) is 11.3. The molecule has 0 unspecified atom stereocenters. The van der Waals surface area contributed by atoms with Crippen molar-refractivity contribution < 1.29 is 4.74 Å². The highest BCUT2D eigenvalue weighted by molar-refractivity contribution is 7.18. The lowest BCUT2D eigenvalue weighted by Gasteiger charge is -2.11.